The Bertz CT molecular complexity index is 308. The minimum atomic E-state index is -0.571. The van der Waals surface area contributed by atoms with Gasteiger partial charge in [0, 0.05) is 18.9 Å². The SMILES string of the molecule is C[C@H]1CC(=O)C[C@@H](CO)N1C(=O)OC(C)(C)C. The van der Waals surface area contributed by atoms with Gasteiger partial charge in [-0.1, -0.05) is 0 Å². The zero-order chi connectivity index (χ0) is 13.2. The van der Waals surface area contributed by atoms with Crippen molar-refractivity contribution in [3.8, 4) is 0 Å². The van der Waals surface area contributed by atoms with Crippen LogP contribution in [-0.2, 0) is 9.53 Å². The molecule has 1 aliphatic rings. The van der Waals surface area contributed by atoms with Crippen LogP contribution in [0.25, 0.3) is 0 Å². The first-order valence-electron chi connectivity index (χ1n) is 5.88. The van der Waals surface area contributed by atoms with Gasteiger partial charge in [0.2, 0.25) is 0 Å². The third kappa shape index (κ3) is 3.70. The van der Waals surface area contributed by atoms with Crippen LogP contribution in [0.4, 0.5) is 4.79 Å². The van der Waals surface area contributed by atoms with Crippen LogP contribution in [0.15, 0.2) is 0 Å². The number of carbonyl (C=O) groups excluding carboxylic acids is 2. The fourth-order valence-corrected chi connectivity index (χ4v) is 2.03. The van der Waals surface area contributed by atoms with Crippen molar-refractivity contribution in [3.05, 3.63) is 0 Å². The van der Waals surface area contributed by atoms with Gasteiger partial charge in [0.1, 0.15) is 11.4 Å². The Morgan fingerprint density at radius 1 is 1.47 bits per heavy atom. The van der Waals surface area contributed by atoms with Gasteiger partial charge in [-0.25, -0.2) is 4.79 Å². The van der Waals surface area contributed by atoms with E-state index in [1.165, 1.54) is 4.90 Å². The molecule has 17 heavy (non-hydrogen) atoms. The summed E-state index contributed by atoms with van der Waals surface area (Å²) in [7, 11) is 0. The van der Waals surface area contributed by atoms with Gasteiger partial charge in [-0.2, -0.15) is 0 Å². The number of hydrogen-bond donors (Lipinski definition) is 1. The fraction of sp³-hybridized carbons (Fsp3) is 0.833. The number of ketones is 1. The van der Waals surface area contributed by atoms with Gasteiger partial charge >= 0.3 is 6.09 Å². The molecule has 0 unspecified atom stereocenters. The lowest BCUT2D eigenvalue weighted by Crippen LogP contribution is -2.54. The molecule has 0 saturated carbocycles. The number of likely N-dealkylation sites (tertiary alicyclic amines) is 1. The highest BCUT2D eigenvalue weighted by Gasteiger charge is 2.37. The highest BCUT2D eigenvalue weighted by atomic mass is 16.6. The smallest absolute Gasteiger partial charge is 0.410 e. The largest absolute Gasteiger partial charge is 0.444 e. The lowest BCUT2D eigenvalue weighted by molar-refractivity contribution is -0.125. The van der Waals surface area contributed by atoms with Crippen LogP contribution >= 0.6 is 0 Å². The Morgan fingerprint density at radius 3 is 2.53 bits per heavy atom. The van der Waals surface area contributed by atoms with E-state index in [1.54, 1.807) is 27.7 Å². The number of piperidine rings is 1. The molecular weight excluding hydrogens is 222 g/mol. The summed E-state index contributed by atoms with van der Waals surface area (Å²) in [6.45, 7) is 6.95. The van der Waals surface area contributed by atoms with E-state index in [1.807, 2.05) is 0 Å². The molecular formula is C12H21NO4. The molecule has 1 rings (SSSR count). The van der Waals surface area contributed by atoms with E-state index in [0.717, 1.165) is 0 Å². The molecule has 0 aromatic rings. The van der Waals surface area contributed by atoms with Crippen molar-refractivity contribution < 1.29 is 19.4 Å². The monoisotopic (exact) mass is 243 g/mol. The van der Waals surface area contributed by atoms with Crippen LogP contribution in [0.1, 0.15) is 40.5 Å². The van der Waals surface area contributed by atoms with Crippen LogP contribution in [0.5, 0.6) is 0 Å². The van der Waals surface area contributed by atoms with Gasteiger partial charge in [-0.05, 0) is 27.7 Å². The summed E-state index contributed by atoms with van der Waals surface area (Å²) in [5.41, 5.74) is -0.571. The van der Waals surface area contributed by atoms with Gasteiger partial charge < -0.3 is 9.84 Å². The summed E-state index contributed by atoms with van der Waals surface area (Å²) in [6.07, 6.45) is 0.0760. The molecule has 1 fully saturated rings. The van der Waals surface area contributed by atoms with E-state index in [-0.39, 0.29) is 24.9 Å². The minimum absolute atomic E-state index is 0.0800. The van der Waals surface area contributed by atoms with Gasteiger partial charge in [-0.15, -0.1) is 0 Å². The van der Waals surface area contributed by atoms with E-state index < -0.39 is 17.7 Å². The highest BCUT2D eigenvalue weighted by molar-refractivity contribution is 5.83. The van der Waals surface area contributed by atoms with Gasteiger partial charge in [0.15, 0.2) is 0 Å². The Balaban J connectivity index is 2.78. The predicted molar refractivity (Wildman–Crippen MR) is 62.6 cm³/mol. The molecule has 5 nitrogen and oxygen atoms in total. The number of hydrogen-bond acceptors (Lipinski definition) is 4. The van der Waals surface area contributed by atoms with Crippen LogP contribution in [0.2, 0.25) is 0 Å². The second-order valence-electron chi connectivity index (χ2n) is 5.52. The van der Waals surface area contributed by atoms with E-state index >= 15 is 0 Å². The first kappa shape index (κ1) is 14.0. The number of amides is 1. The molecule has 0 aromatic carbocycles. The zero-order valence-electron chi connectivity index (χ0n) is 10.9. The standard InChI is InChI=1S/C12H21NO4/c1-8-5-10(15)6-9(7-14)13(8)11(16)17-12(2,3)4/h8-9,14H,5-7H2,1-4H3/t8-,9-/m0/s1. The van der Waals surface area contributed by atoms with Crippen molar-refractivity contribution in [1.82, 2.24) is 4.90 Å². The molecule has 0 bridgehead atoms. The van der Waals surface area contributed by atoms with Crippen LogP contribution in [-0.4, -0.2) is 46.2 Å². The maximum absolute atomic E-state index is 12.0. The van der Waals surface area contributed by atoms with Crippen LogP contribution in [0.3, 0.4) is 0 Å². The average Bonchev–Trinajstić information content (AvgIpc) is 2.12. The van der Waals surface area contributed by atoms with Crippen molar-refractivity contribution in [3.63, 3.8) is 0 Å². The van der Waals surface area contributed by atoms with Crippen molar-refractivity contribution in [2.75, 3.05) is 6.61 Å². The number of aliphatic hydroxyl groups is 1. The molecule has 1 aliphatic heterocycles. The molecule has 5 heteroatoms. The van der Waals surface area contributed by atoms with Crippen molar-refractivity contribution in [2.45, 2.75) is 58.2 Å². The topological polar surface area (TPSA) is 66.8 Å². The molecule has 1 N–H and O–H groups in total. The average molecular weight is 243 g/mol. The normalized spacial score (nSPS) is 25.9. The summed E-state index contributed by atoms with van der Waals surface area (Å²) >= 11 is 0. The van der Waals surface area contributed by atoms with E-state index in [4.69, 9.17) is 4.74 Å². The summed E-state index contributed by atoms with van der Waals surface area (Å²) < 4.78 is 5.28. The number of aliphatic hydroxyl groups excluding tert-OH is 1. The van der Waals surface area contributed by atoms with Gasteiger partial charge in [0.25, 0.3) is 0 Å². The van der Waals surface area contributed by atoms with E-state index in [0.29, 0.717) is 6.42 Å². The summed E-state index contributed by atoms with van der Waals surface area (Å²) in [5.74, 6) is 0.0800. The van der Waals surface area contributed by atoms with Crippen molar-refractivity contribution >= 4 is 11.9 Å². The highest BCUT2D eigenvalue weighted by Crippen LogP contribution is 2.23. The molecule has 0 aliphatic carbocycles. The predicted octanol–water partition coefficient (Wildman–Crippen LogP) is 1.34. The maximum atomic E-state index is 12.0. The molecule has 1 saturated heterocycles. The summed E-state index contributed by atoms with van der Waals surface area (Å²) in [5, 5.41) is 9.24. The van der Waals surface area contributed by atoms with Gasteiger partial charge in [-0.3, -0.25) is 9.69 Å². The second-order valence-corrected chi connectivity index (χ2v) is 5.52. The first-order chi connectivity index (χ1) is 7.74. The number of Topliss-reactive ketones (excluding diaryl/α,β-unsaturated/α-hetero) is 1. The van der Waals surface area contributed by atoms with E-state index in [9.17, 15) is 14.7 Å². The Labute approximate surface area is 102 Å². The van der Waals surface area contributed by atoms with E-state index in [2.05, 4.69) is 0 Å². The number of nitrogens with zero attached hydrogens (tertiary/aromatic N) is 1. The second kappa shape index (κ2) is 5.04. The summed E-state index contributed by atoms with van der Waals surface area (Å²) in [4.78, 5) is 24.9. The third-order valence-electron chi connectivity index (χ3n) is 2.67. The molecule has 0 aromatic heterocycles. The zero-order valence-corrected chi connectivity index (χ0v) is 10.9. The molecule has 0 radical (unpaired) electrons. The minimum Gasteiger partial charge on any atom is -0.444 e. The number of ether oxygens (including phenoxy) is 1. The fourth-order valence-electron chi connectivity index (χ4n) is 2.03. The Morgan fingerprint density at radius 2 is 2.06 bits per heavy atom. The van der Waals surface area contributed by atoms with Crippen LogP contribution < -0.4 is 0 Å². The molecule has 0 spiro atoms. The molecule has 1 heterocycles. The van der Waals surface area contributed by atoms with Gasteiger partial charge in [0.05, 0.1) is 12.6 Å². The molecule has 2 atom stereocenters. The lowest BCUT2D eigenvalue weighted by atomic mass is 9.96. The lowest BCUT2D eigenvalue weighted by Gasteiger charge is -2.39. The number of carbonyl (C=O) groups is 2. The van der Waals surface area contributed by atoms with Crippen molar-refractivity contribution in [1.29, 1.82) is 0 Å². The first-order valence-corrected chi connectivity index (χ1v) is 5.88. The third-order valence-corrected chi connectivity index (χ3v) is 2.67. The Kier molecular flexibility index (Phi) is 4.14. The number of rotatable bonds is 1. The quantitative estimate of drug-likeness (QED) is 0.754. The maximum Gasteiger partial charge on any atom is 0.410 e. The molecule has 1 amide bonds. The van der Waals surface area contributed by atoms with Crippen LogP contribution in [0, 0.1) is 0 Å². The molecule has 98 valence electrons. The van der Waals surface area contributed by atoms with Crippen molar-refractivity contribution in [2.24, 2.45) is 0 Å². The Hall–Kier alpha value is -1.10. The summed E-state index contributed by atoms with van der Waals surface area (Å²) in [6, 6.07) is -0.677.